The first-order valence-corrected chi connectivity index (χ1v) is 7.06. The SMILES string of the molecule is COc1ccc(NC(=O)Cn2c(=O)cnc3ccccc32)cc1. The van der Waals surface area contributed by atoms with E-state index >= 15 is 0 Å². The Morgan fingerprint density at radius 2 is 1.91 bits per heavy atom. The Kier molecular flexibility index (Phi) is 4.05. The quantitative estimate of drug-likeness (QED) is 0.800. The number of hydrogen-bond donors (Lipinski definition) is 1. The minimum absolute atomic E-state index is 0.0755. The topological polar surface area (TPSA) is 73.2 Å². The van der Waals surface area contributed by atoms with Crippen LogP contribution < -0.4 is 15.6 Å². The minimum Gasteiger partial charge on any atom is -0.497 e. The highest BCUT2D eigenvalue weighted by Crippen LogP contribution is 2.15. The fraction of sp³-hybridized carbons (Fsp3) is 0.118. The lowest BCUT2D eigenvalue weighted by molar-refractivity contribution is -0.116. The summed E-state index contributed by atoms with van der Waals surface area (Å²) in [6.45, 7) is -0.0755. The van der Waals surface area contributed by atoms with Crippen LogP contribution in [0.4, 0.5) is 5.69 Å². The molecular formula is C17H15N3O3. The van der Waals surface area contributed by atoms with Crippen molar-refractivity contribution in [3.63, 3.8) is 0 Å². The smallest absolute Gasteiger partial charge is 0.269 e. The summed E-state index contributed by atoms with van der Waals surface area (Å²) in [6, 6.07) is 14.2. The van der Waals surface area contributed by atoms with Gasteiger partial charge in [0.1, 0.15) is 12.3 Å². The number of hydrogen-bond acceptors (Lipinski definition) is 4. The molecule has 2 aromatic carbocycles. The van der Waals surface area contributed by atoms with Crippen molar-refractivity contribution in [2.75, 3.05) is 12.4 Å². The highest BCUT2D eigenvalue weighted by Gasteiger charge is 2.09. The molecule has 3 aromatic rings. The fourth-order valence-corrected chi connectivity index (χ4v) is 2.30. The number of carbonyl (C=O) groups is 1. The molecule has 1 aromatic heterocycles. The third-order valence-electron chi connectivity index (χ3n) is 3.43. The molecule has 3 rings (SSSR count). The van der Waals surface area contributed by atoms with Crippen LogP contribution in [0.15, 0.2) is 59.5 Å². The van der Waals surface area contributed by atoms with Crippen LogP contribution in [0, 0.1) is 0 Å². The van der Waals surface area contributed by atoms with Crippen LogP contribution in [-0.4, -0.2) is 22.6 Å². The molecule has 0 aliphatic carbocycles. The zero-order valence-electron chi connectivity index (χ0n) is 12.5. The first kappa shape index (κ1) is 14.8. The number of aromatic nitrogens is 2. The molecule has 23 heavy (non-hydrogen) atoms. The van der Waals surface area contributed by atoms with Crippen LogP contribution in [0.3, 0.4) is 0 Å². The maximum atomic E-state index is 12.2. The van der Waals surface area contributed by atoms with Gasteiger partial charge < -0.3 is 10.1 Å². The Morgan fingerprint density at radius 3 is 2.65 bits per heavy atom. The number of fused-ring (bicyclic) bond motifs is 1. The second-order valence-corrected chi connectivity index (χ2v) is 4.95. The number of nitrogens with zero attached hydrogens (tertiary/aromatic N) is 2. The van der Waals surface area contributed by atoms with Gasteiger partial charge in [-0.2, -0.15) is 0 Å². The van der Waals surface area contributed by atoms with Gasteiger partial charge in [0.2, 0.25) is 5.91 Å². The van der Waals surface area contributed by atoms with Gasteiger partial charge in [-0.1, -0.05) is 12.1 Å². The zero-order chi connectivity index (χ0) is 16.2. The molecule has 116 valence electrons. The molecule has 0 aliphatic heterocycles. The minimum atomic E-state index is -0.311. The van der Waals surface area contributed by atoms with E-state index in [2.05, 4.69) is 10.3 Å². The number of nitrogens with one attached hydrogen (secondary N) is 1. The van der Waals surface area contributed by atoms with Crippen LogP contribution >= 0.6 is 0 Å². The largest absolute Gasteiger partial charge is 0.497 e. The maximum absolute atomic E-state index is 12.2. The van der Waals surface area contributed by atoms with Crippen molar-refractivity contribution >= 4 is 22.6 Å². The summed E-state index contributed by atoms with van der Waals surface area (Å²) in [5.41, 5.74) is 1.63. The van der Waals surface area contributed by atoms with E-state index in [4.69, 9.17) is 4.74 Å². The zero-order valence-corrected chi connectivity index (χ0v) is 12.5. The van der Waals surface area contributed by atoms with E-state index in [9.17, 15) is 9.59 Å². The molecule has 0 aliphatic rings. The van der Waals surface area contributed by atoms with E-state index in [1.165, 1.54) is 10.8 Å². The van der Waals surface area contributed by atoms with E-state index in [0.29, 0.717) is 22.5 Å². The predicted octanol–water partition coefficient (Wildman–Crippen LogP) is 2.04. The van der Waals surface area contributed by atoms with Crippen LogP contribution in [0.1, 0.15) is 0 Å². The standard InChI is InChI=1S/C17H15N3O3/c1-23-13-8-6-12(7-9-13)19-16(21)11-20-15-5-3-2-4-14(15)18-10-17(20)22/h2-10H,11H2,1H3,(H,19,21). The summed E-state index contributed by atoms with van der Waals surface area (Å²) in [4.78, 5) is 28.3. The highest BCUT2D eigenvalue weighted by molar-refractivity contribution is 5.91. The molecule has 0 spiro atoms. The van der Waals surface area contributed by atoms with Gasteiger partial charge in [-0.25, -0.2) is 4.98 Å². The number of anilines is 1. The molecule has 0 fully saturated rings. The second kappa shape index (κ2) is 6.31. The normalized spacial score (nSPS) is 10.5. The Labute approximate surface area is 132 Å². The molecule has 0 saturated carbocycles. The summed E-state index contributed by atoms with van der Waals surface area (Å²) in [5.74, 6) is 0.424. The third kappa shape index (κ3) is 3.21. The number of methoxy groups -OCH3 is 1. The lowest BCUT2D eigenvalue weighted by Gasteiger charge is -2.10. The average molecular weight is 309 g/mol. The highest BCUT2D eigenvalue weighted by atomic mass is 16.5. The summed E-state index contributed by atoms with van der Waals surface area (Å²) >= 11 is 0. The van der Waals surface area contributed by atoms with Gasteiger partial charge in [0.25, 0.3) is 5.56 Å². The Balaban J connectivity index is 1.82. The number of benzene rings is 2. The first-order valence-electron chi connectivity index (χ1n) is 7.06. The molecule has 0 radical (unpaired) electrons. The summed E-state index contributed by atoms with van der Waals surface area (Å²) in [6.07, 6.45) is 1.23. The van der Waals surface area contributed by atoms with Crippen molar-refractivity contribution in [3.05, 3.63) is 65.1 Å². The molecule has 0 atom stereocenters. The second-order valence-electron chi connectivity index (χ2n) is 4.95. The maximum Gasteiger partial charge on any atom is 0.269 e. The van der Waals surface area contributed by atoms with Gasteiger partial charge in [0.15, 0.2) is 0 Å². The predicted molar refractivity (Wildman–Crippen MR) is 87.6 cm³/mol. The van der Waals surface area contributed by atoms with Crippen molar-refractivity contribution in [3.8, 4) is 5.75 Å². The Morgan fingerprint density at radius 1 is 1.17 bits per heavy atom. The van der Waals surface area contributed by atoms with E-state index in [1.54, 1.807) is 49.6 Å². The van der Waals surface area contributed by atoms with Crippen molar-refractivity contribution < 1.29 is 9.53 Å². The van der Waals surface area contributed by atoms with E-state index < -0.39 is 0 Å². The van der Waals surface area contributed by atoms with E-state index in [1.807, 2.05) is 6.07 Å². The third-order valence-corrected chi connectivity index (χ3v) is 3.43. The van der Waals surface area contributed by atoms with Crippen molar-refractivity contribution in [1.29, 1.82) is 0 Å². The van der Waals surface area contributed by atoms with Crippen molar-refractivity contribution in [2.45, 2.75) is 6.54 Å². The molecule has 0 bridgehead atoms. The number of carbonyl (C=O) groups excluding carboxylic acids is 1. The number of rotatable bonds is 4. The average Bonchev–Trinajstić information content (AvgIpc) is 2.58. The van der Waals surface area contributed by atoms with Gasteiger partial charge >= 0.3 is 0 Å². The first-order chi connectivity index (χ1) is 11.2. The molecule has 6 heteroatoms. The summed E-state index contributed by atoms with van der Waals surface area (Å²) in [7, 11) is 1.58. The Bertz CT molecular complexity index is 901. The monoisotopic (exact) mass is 309 g/mol. The van der Waals surface area contributed by atoms with Gasteiger partial charge in [0.05, 0.1) is 24.3 Å². The van der Waals surface area contributed by atoms with E-state index in [0.717, 1.165) is 0 Å². The molecule has 1 amide bonds. The number of ether oxygens (including phenoxy) is 1. The van der Waals surface area contributed by atoms with Gasteiger partial charge in [0, 0.05) is 5.69 Å². The molecule has 6 nitrogen and oxygen atoms in total. The van der Waals surface area contributed by atoms with Crippen LogP contribution in [0.5, 0.6) is 5.75 Å². The molecule has 0 unspecified atom stereocenters. The molecule has 1 N–H and O–H groups in total. The van der Waals surface area contributed by atoms with Gasteiger partial charge in [-0.15, -0.1) is 0 Å². The van der Waals surface area contributed by atoms with Gasteiger partial charge in [-0.05, 0) is 36.4 Å². The summed E-state index contributed by atoms with van der Waals surface area (Å²) < 4.78 is 6.47. The van der Waals surface area contributed by atoms with Crippen LogP contribution in [-0.2, 0) is 11.3 Å². The van der Waals surface area contributed by atoms with Crippen molar-refractivity contribution in [2.24, 2.45) is 0 Å². The lowest BCUT2D eigenvalue weighted by atomic mass is 10.3. The number of para-hydroxylation sites is 2. The van der Waals surface area contributed by atoms with Gasteiger partial charge in [-0.3, -0.25) is 14.2 Å². The number of amides is 1. The van der Waals surface area contributed by atoms with Crippen LogP contribution in [0.25, 0.3) is 11.0 Å². The molecular weight excluding hydrogens is 294 g/mol. The van der Waals surface area contributed by atoms with E-state index in [-0.39, 0.29) is 18.0 Å². The Hall–Kier alpha value is -3.15. The molecule has 0 saturated heterocycles. The lowest BCUT2D eigenvalue weighted by Crippen LogP contribution is -2.27. The molecule has 1 heterocycles. The van der Waals surface area contributed by atoms with Crippen molar-refractivity contribution in [1.82, 2.24) is 9.55 Å². The summed E-state index contributed by atoms with van der Waals surface area (Å²) in [5, 5.41) is 2.76. The fourth-order valence-electron chi connectivity index (χ4n) is 2.30. The van der Waals surface area contributed by atoms with Crippen LogP contribution in [0.2, 0.25) is 0 Å².